The molecule has 2 amide bonds. The molecule has 1 saturated carbocycles. The van der Waals surface area contributed by atoms with Gasteiger partial charge < -0.3 is 5.73 Å². The van der Waals surface area contributed by atoms with Crippen LogP contribution in [0.2, 0.25) is 0 Å². The Morgan fingerprint density at radius 3 is 2.20 bits per heavy atom. The van der Waals surface area contributed by atoms with E-state index in [0.29, 0.717) is 0 Å². The number of fused-ring (bicyclic) bond motifs is 1. The van der Waals surface area contributed by atoms with E-state index in [0.717, 1.165) is 11.0 Å². The van der Waals surface area contributed by atoms with Gasteiger partial charge in [-0.15, -0.1) is 0 Å². The third-order valence-corrected chi connectivity index (χ3v) is 3.83. The van der Waals surface area contributed by atoms with E-state index in [1.54, 1.807) is 0 Å². The molecular weight excluding hydrogens is 273 g/mol. The van der Waals surface area contributed by atoms with Crippen LogP contribution in [0.5, 0.6) is 0 Å². The van der Waals surface area contributed by atoms with E-state index in [1.165, 1.54) is 18.2 Å². The van der Waals surface area contributed by atoms with Crippen LogP contribution in [0.1, 0.15) is 11.1 Å². The molecule has 2 atom stereocenters. The maximum atomic E-state index is 12.9. The Bertz CT molecular complexity index is 578. The van der Waals surface area contributed by atoms with Gasteiger partial charge in [0, 0.05) is 6.04 Å². The quantitative estimate of drug-likeness (QED) is 0.829. The molecule has 1 heterocycles. The summed E-state index contributed by atoms with van der Waals surface area (Å²) in [6, 6.07) is 4.46. The molecule has 1 aliphatic carbocycles. The van der Waals surface area contributed by atoms with Crippen molar-refractivity contribution in [1.82, 2.24) is 4.90 Å². The van der Waals surface area contributed by atoms with Crippen molar-refractivity contribution < 1.29 is 22.8 Å². The Labute approximate surface area is 112 Å². The van der Waals surface area contributed by atoms with Gasteiger partial charge in [-0.2, -0.15) is 13.2 Å². The van der Waals surface area contributed by atoms with E-state index < -0.39 is 41.4 Å². The Morgan fingerprint density at radius 2 is 1.65 bits per heavy atom. The second-order valence-electron chi connectivity index (χ2n) is 5.05. The summed E-state index contributed by atoms with van der Waals surface area (Å²) in [7, 11) is 0. The molecule has 0 spiro atoms. The highest BCUT2D eigenvalue weighted by Gasteiger charge is 2.65. The third kappa shape index (κ3) is 1.81. The summed E-state index contributed by atoms with van der Waals surface area (Å²) in [6.07, 6.45) is -4.51. The summed E-state index contributed by atoms with van der Waals surface area (Å²) in [5.41, 5.74) is 4.64. The molecule has 106 valence electrons. The summed E-state index contributed by atoms with van der Waals surface area (Å²) in [4.78, 5) is 24.6. The Morgan fingerprint density at radius 1 is 1.10 bits per heavy atom. The minimum absolute atomic E-state index is 0.0865. The normalized spacial score (nSPS) is 28.8. The minimum atomic E-state index is -4.51. The largest absolute Gasteiger partial charge is 0.416 e. The van der Waals surface area contributed by atoms with Crippen molar-refractivity contribution in [1.29, 1.82) is 0 Å². The molecular formula is C13H11F3N2O2. The number of halogens is 3. The zero-order chi connectivity index (χ0) is 14.7. The van der Waals surface area contributed by atoms with Crippen LogP contribution >= 0.6 is 0 Å². The van der Waals surface area contributed by atoms with E-state index >= 15 is 0 Å². The third-order valence-electron chi connectivity index (χ3n) is 3.83. The van der Waals surface area contributed by atoms with Crippen molar-refractivity contribution in [2.75, 3.05) is 0 Å². The molecule has 7 heteroatoms. The van der Waals surface area contributed by atoms with Crippen molar-refractivity contribution in [3.63, 3.8) is 0 Å². The average molecular weight is 284 g/mol. The maximum Gasteiger partial charge on any atom is 0.416 e. The lowest BCUT2D eigenvalue weighted by Crippen LogP contribution is -2.37. The monoisotopic (exact) mass is 284 g/mol. The van der Waals surface area contributed by atoms with Crippen molar-refractivity contribution in [3.05, 3.63) is 35.4 Å². The lowest BCUT2D eigenvalue weighted by atomic mass is 10.1. The highest BCUT2D eigenvalue weighted by Crippen LogP contribution is 2.46. The first-order valence-electron chi connectivity index (χ1n) is 6.08. The minimum Gasteiger partial charge on any atom is -0.326 e. The van der Waals surface area contributed by atoms with Crippen LogP contribution < -0.4 is 5.73 Å². The Balaban J connectivity index is 1.87. The fourth-order valence-electron chi connectivity index (χ4n) is 2.70. The smallest absolute Gasteiger partial charge is 0.326 e. The molecule has 1 aromatic carbocycles. The van der Waals surface area contributed by atoms with Crippen LogP contribution in [0.15, 0.2) is 24.3 Å². The number of hydrogen-bond acceptors (Lipinski definition) is 3. The number of piperidine rings is 1. The van der Waals surface area contributed by atoms with Crippen LogP contribution in [0.25, 0.3) is 0 Å². The van der Waals surface area contributed by atoms with Crippen LogP contribution in [-0.2, 0) is 22.3 Å². The number of benzene rings is 1. The molecule has 0 radical (unpaired) electrons. The zero-order valence-corrected chi connectivity index (χ0v) is 10.2. The van der Waals surface area contributed by atoms with E-state index in [9.17, 15) is 22.8 Å². The Kier molecular flexibility index (Phi) is 2.66. The van der Waals surface area contributed by atoms with E-state index in [2.05, 4.69) is 0 Å². The highest BCUT2D eigenvalue weighted by atomic mass is 19.4. The molecule has 2 aliphatic rings. The molecule has 2 fully saturated rings. The number of likely N-dealkylation sites (tertiary alicyclic amines) is 1. The second-order valence-corrected chi connectivity index (χ2v) is 5.05. The van der Waals surface area contributed by atoms with Crippen LogP contribution in [0, 0.1) is 11.8 Å². The number of nitrogens with two attached hydrogens (primary N) is 1. The SMILES string of the molecule is NC1C2C(=O)N(Cc3ccccc3C(F)(F)F)C(=O)C12. The zero-order valence-electron chi connectivity index (χ0n) is 10.2. The lowest BCUT2D eigenvalue weighted by molar-refractivity contribution is -0.145. The van der Waals surface area contributed by atoms with Crippen molar-refractivity contribution >= 4 is 11.8 Å². The van der Waals surface area contributed by atoms with Gasteiger partial charge in [0.1, 0.15) is 0 Å². The highest BCUT2D eigenvalue weighted by molar-refractivity contribution is 6.10. The molecule has 20 heavy (non-hydrogen) atoms. The molecule has 4 nitrogen and oxygen atoms in total. The molecule has 0 bridgehead atoms. The first kappa shape index (κ1) is 13.1. The first-order valence-corrected chi connectivity index (χ1v) is 6.08. The van der Waals surface area contributed by atoms with Gasteiger partial charge in [0.25, 0.3) is 0 Å². The van der Waals surface area contributed by atoms with Crippen LogP contribution in [0.3, 0.4) is 0 Å². The topological polar surface area (TPSA) is 63.4 Å². The van der Waals surface area contributed by atoms with E-state index in [-0.39, 0.29) is 12.1 Å². The van der Waals surface area contributed by atoms with Gasteiger partial charge >= 0.3 is 6.18 Å². The fraction of sp³-hybridized carbons (Fsp3) is 0.385. The van der Waals surface area contributed by atoms with Crippen molar-refractivity contribution in [2.24, 2.45) is 17.6 Å². The van der Waals surface area contributed by atoms with Gasteiger partial charge in [-0.3, -0.25) is 14.5 Å². The molecule has 2 unspecified atom stereocenters. The van der Waals surface area contributed by atoms with Gasteiger partial charge in [0.2, 0.25) is 11.8 Å². The Hall–Kier alpha value is -1.89. The fourth-order valence-corrected chi connectivity index (χ4v) is 2.70. The molecule has 1 aliphatic heterocycles. The van der Waals surface area contributed by atoms with Crippen molar-refractivity contribution in [3.8, 4) is 0 Å². The second kappa shape index (κ2) is 4.05. The number of imide groups is 1. The molecule has 1 aromatic rings. The van der Waals surface area contributed by atoms with Gasteiger partial charge in [-0.05, 0) is 11.6 Å². The number of alkyl halides is 3. The summed E-state index contributed by atoms with van der Waals surface area (Å²) < 4.78 is 38.6. The summed E-state index contributed by atoms with van der Waals surface area (Å²) >= 11 is 0. The number of nitrogens with zero attached hydrogens (tertiary/aromatic N) is 1. The summed E-state index contributed by atoms with van der Waals surface area (Å²) in [5.74, 6) is -2.02. The molecule has 0 aromatic heterocycles. The standard InChI is InChI=1S/C13H11F3N2O2/c14-13(15,16)7-4-2-1-3-6(7)5-18-11(19)8-9(10(8)17)12(18)20/h1-4,8-10H,5,17H2. The molecule has 1 saturated heterocycles. The maximum absolute atomic E-state index is 12.9. The summed E-state index contributed by atoms with van der Waals surface area (Å²) in [6.45, 7) is -0.354. The first-order chi connectivity index (χ1) is 9.32. The molecule has 3 rings (SSSR count). The number of amides is 2. The van der Waals surface area contributed by atoms with Gasteiger partial charge in [0.05, 0.1) is 23.9 Å². The van der Waals surface area contributed by atoms with Gasteiger partial charge in [-0.25, -0.2) is 0 Å². The van der Waals surface area contributed by atoms with E-state index in [1.807, 2.05) is 0 Å². The van der Waals surface area contributed by atoms with E-state index in [4.69, 9.17) is 5.73 Å². The predicted molar refractivity (Wildman–Crippen MR) is 62.0 cm³/mol. The van der Waals surface area contributed by atoms with Gasteiger partial charge in [-0.1, -0.05) is 18.2 Å². The predicted octanol–water partition coefficient (Wildman–Crippen LogP) is 1.15. The average Bonchev–Trinajstić information content (AvgIpc) is 2.97. The number of rotatable bonds is 2. The summed E-state index contributed by atoms with van der Waals surface area (Å²) in [5, 5.41) is 0. The van der Waals surface area contributed by atoms with Crippen molar-refractivity contribution in [2.45, 2.75) is 18.8 Å². The van der Waals surface area contributed by atoms with Gasteiger partial charge in [0.15, 0.2) is 0 Å². The number of hydrogen-bond donors (Lipinski definition) is 1. The number of carbonyl (C=O) groups excluding carboxylic acids is 2. The number of carbonyl (C=O) groups is 2. The molecule has 2 N–H and O–H groups in total. The lowest BCUT2D eigenvalue weighted by Gasteiger charge is -2.20. The van der Waals surface area contributed by atoms with Crippen LogP contribution in [-0.4, -0.2) is 22.8 Å². The van der Waals surface area contributed by atoms with Crippen LogP contribution in [0.4, 0.5) is 13.2 Å².